The minimum atomic E-state index is -0.234. The zero-order valence-electron chi connectivity index (χ0n) is 11.5. The summed E-state index contributed by atoms with van der Waals surface area (Å²) < 4.78 is 4.86. The first-order valence-electron chi connectivity index (χ1n) is 7.10. The maximum absolute atomic E-state index is 11.8. The molecule has 1 saturated heterocycles. The van der Waals surface area contributed by atoms with Crippen LogP contribution in [0, 0.1) is 5.92 Å². The van der Waals surface area contributed by atoms with E-state index in [9.17, 15) is 4.79 Å². The van der Waals surface area contributed by atoms with Crippen LogP contribution in [0.5, 0.6) is 0 Å². The molecule has 0 aromatic rings. The Hall–Kier alpha value is -1.26. The van der Waals surface area contributed by atoms with Crippen molar-refractivity contribution in [1.29, 1.82) is 0 Å². The molecule has 0 bridgehead atoms. The highest BCUT2D eigenvalue weighted by atomic mass is 16.5. The topological polar surface area (TPSA) is 78.3 Å². The van der Waals surface area contributed by atoms with E-state index in [2.05, 4.69) is 14.9 Å². The van der Waals surface area contributed by atoms with Gasteiger partial charge in [-0.15, -0.1) is 0 Å². The van der Waals surface area contributed by atoms with Crippen LogP contribution < -0.4 is 0 Å². The Balaban J connectivity index is 1.97. The maximum atomic E-state index is 11.8. The van der Waals surface area contributed by atoms with Gasteiger partial charge in [-0.1, -0.05) is 24.4 Å². The van der Waals surface area contributed by atoms with Gasteiger partial charge in [-0.3, -0.25) is 9.69 Å². The third-order valence-electron chi connectivity index (χ3n) is 4.29. The van der Waals surface area contributed by atoms with Crippen molar-refractivity contribution in [2.75, 3.05) is 20.2 Å². The van der Waals surface area contributed by atoms with Gasteiger partial charge < -0.3 is 4.74 Å². The molecule has 0 amide bonds. The van der Waals surface area contributed by atoms with Crippen molar-refractivity contribution in [3.8, 4) is 0 Å². The number of rotatable bonds is 4. The third kappa shape index (κ3) is 3.61. The summed E-state index contributed by atoms with van der Waals surface area (Å²) >= 11 is 0. The zero-order valence-corrected chi connectivity index (χ0v) is 11.5. The molecule has 1 aliphatic carbocycles. The zero-order chi connectivity index (χ0) is 13.7. The Bertz CT molecular complexity index is 362. The Morgan fingerprint density at radius 1 is 1.42 bits per heavy atom. The molecule has 0 aromatic heterocycles. The number of ether oxygens (including phenoxy) is 1. The normalized spacial score (nSPS) is 28.9. The summed E-state index contributed by atoms with van der Waals surface area (Å²) in [7, 11) is 1.42. The van der Waals surface area contributed by atoms with Gasteiger partial charge in [0, 0.05) is 18.0 Å². The first-order valence-corrected chi connectivity index (χ1v) is 7.10. The summed E-state index contributed by atoms with van der Waals surface area (Å²) in [6.45, 7) is 1.61. The smallest absolute Gasteiger partial charge is 0.323 e. The largest absolute Gasteiger partial charge is 0.468 e. The van der Waals surface area contributed by atoms with Crippen LogP contribution in [0.1, 0.15) is 38.5 Å². The molecule has 0 radical (unpaired) electrons. The molecule has 0 spiro atoms. The van der Waals surface area contributed by atoms with Gasteiger partial charge in [0.1, 0.15) is 6.04 Å². The highest BCUT2D eigenvalue weighted by molar-refractivity contribution is 5.76. The van der Waals surface area contributed by atoms with E-state index in [-0.39, 0.29) is 18.1 Å². The van der Waals surface area contributed by atoms with Crippen LogP contribution in [-0.4, -0.2) is 43.2 Å². The SMILES string of the molecule is COC(=O)[C@@H]1C[C@@H](N=[N+]=[N-])CN1CC1CCCCC1. The molecule has 2 atom stereocenters. The van der Waals surface area contributed by atoms with Gasteiger partial charge in [-0.2, -0.15) is 0 Å². The monoisotopic (exact) mass is 266 g/mol. The lowest BCUT2D eigenvalue weighted by molar-refractivity contribution is -0.146. The summed E-state index contributed by atoms with van der Waals surface area (Å²) in [5.74, 6) is 0.470. The molecule has 6 heteroatoms. The number of carbonyl (C=O) groups excluding carboxylic acids is 1. The van der Waals surface area contributed by atoms with Crippen LogP contribution in [0.3, 0.4) is 0 Å². The van der Waals surface area contributed by atoms with Crippen LogP contribution >= 0.6 is 0 Å². The number of methoxy groups -OCH3 is 1. The van der Waals surface area contributed by atoms with Crippen molar-refractivity contribution in [2.24, 2.45) is 11.0 Å². The minimum Gasteiger partial charge on any atom is -0.468 e. The lowest BCUT2D eigenvalue weighted by Gasteiger charge is -2.29. The van der Waals surface area contributed by atoms with Gasteiger partial charge in [0.05, 0.1) is 13.2 Å². The summed E-state index contributed by atoms with van der Waals surface area (Å²) in [6.07, 6.45) is 7.00. The molecule has 0 N–H and O–H groups in total. The second-order valence-corrected chi connectivity index (χ2v) is 5.59. The molecule has 2 rings (SSSR count). The number of likely N-dealkylation sites (tertiary alicyclic amines) is 1. The van der Waals surface area contributed by atoms with Gasteiger partial charge in [-0.05, 0) is 30.7 Å². The number of azide groups is 1. The molecule has 1 aliphatic heterocycles. The fraction of sp³-hybridized carbons (Fsp3) is 0.923. The minimum absolute atomic E-state index is 0.0994. The average Bonchev–Trinajstić information content (AvgIpc) is 2.82. The van der Waals surface area contributed by atoms with Crippen molar-refractivity contribution in [1.82, 2.24) is 4.90 Å². The summed E-state index contributed by atoms with van der Waals surface area (Å²) in [6, 6.07) is -0.333. The Kier molecular flexibility index (Phi) is 5.05. The van der Waals surface area contributed by atoms with E-state index in [1.54, 1.807) is 0 Å². The predicted molar refractivity (Wildman–Crippen MR) is 71.5 cm³/mol. The van der Waals surface area contributed by atoms with E-state index in [4.69, 9.17) is 10.3 Å². The Morgan fingerprint density at radius 2 is 2.16 bits per heavy atom. The van der Waals surface area contributed by atoms with E-state index < -0.39 is 0 Å². The van der Waals surface area contributed by atoms with E-state index in [0.717, 1.165) is 6.54 Å². The molecule has 0 aromatic carbocycles. The molecule has 0 unspecified atom stereocenters. The molecular weight excluding hydrogens is 244 g/mol. The second-order valence-electron chi connectivity index (χ2n) is 5.59. The first kappa shape index (κ1) is 14.2. The van der Waals surface area contributed by atoms with Crippen molar-refractivity contribution < 1.29 is 9.53 Å². The average molecular weight is 266 g/mol. The fourth-order valence-electron chi connectivity index (χ4n) is 3.32. The van der Waals surface area contributed by atoms with Gasteiger partial charge in [0.15, 0.2) is 0 Å². The van der Waals surface area contributed by atoms with Crippen molar-refractivity contribution in [3.05, 3.63) is 10.4 Å². The lowest BCUT2D eigenvalue weighted by Crippen LogP contribution is -2.40. The van der Waals surface area contributed by atoms with Gasteiger partial charge in [0.25, 0.3) is 0 Å². The van der Waals surface area contributed by atoms with Gasteiger partial charge in [-0.25, -0.2) is 0 Å². The van der Waals surface area contributed by atoms with Crippen molar-refractivity contribution in [2.45, 2.75) is 50.6 Å². The van der Waals surface area contributed by atoms with Crippen LogP contribution in [0.2, 0.25) is 0 Å². The number of nitrogens with zero attached hydrogens (tertiary/aromatic N) is 4. The van der Waals surface area contributed by atoms with Crippen LogP contribution in [0.4, 0.5) is 0 Å². The highest BCUT2D eigenvalue weighted by Crippen LogP contribution is 2.28. The van der Waals surface area contributed by atoms with Crippen LogP contribution in [-0.2, 0) is 9.53 Å². The van der Waals surface area contributed by atoms with Gasteiger partial charge in [0.2, 0.25) is 0 Å². The van der Waals surface area contributed by atoms with Gasteiger partial charge >= 0.3 is 5.97 Å². The standard InChI is InChI=1S/C13H22N4O2/c1-19-13(18)12-7-11(15-16-14)9-17(12)8-10-5-3-2-4-6-10/h10-12H,2-9H2,1H3/t11-,12+/m1/s1. The summed E-state index contributed by atoms with van der Waals surface area (Å²) in [4.78, 5) is 16.8. The third-order valence-corrected chi connectivity index (χ3v) is 4.29. The van der Waals surface area contributed by atoms with E-state index in [1.807, 2.05) is 0 Å². The number of hydrogen-bond donors (Lipinski definition) is 0. The molecule has 106 valence electrons. The van der Waals surface area contributed by atoms with E-state index in [1.165, 1.54) is 39.2 Å². The summed E-state index contributed by atoms with van der Waals surface area (Å²) in [5, 5.41) is 3.76. The van der Waals surface area contributed by atoms with Crippen LogP contribution in [0.25, 0.3) is 10.4 Å². The Morgan fingerprint density at radius 3 is 2.79 bits per heavy atom. The highest BCUT2D eigenvalue weighted by Gasteiger charge is 2.38. The number of esters is 1. The molecule has 1 saturated carbocycles. The van der Waals surface area contributed by atoms with Crippen LogP contribution in [0.15, 0.2) is 5.11 Å². The number of carbonyl (C=O) groups is 1. The molecule has 1 heterocycles. The van der Waals surface area contributed by atoms with E-state index >= 15 is 0 Å². The van der Waals surface area contributed by atoms with E-state index in [0.29, 0.717) is 18.9 Å². The molecular formula is C13H22N4O2. The molecule has 6 nitrogen and oxygen atoms in total. The quantitative estimate of drug-likeness (QED) is 0.339. The maximum Gasteiger partial charge on any atom is 0.323 e. The molecule has 2 fully saturated rings. The lowest BCUT2D eigenvalue weighted by atomic mass is 9.89. The van der Waals surface area contributed by atoms with Crippen molar-refractivity contribution in [3.63, 3.8) is 0 Å². The second kappa shape index (κ2) is 6.78. The predicted octanol–water partition coefficient (Wildman–Crippen LogP) is 2.49. The Labute approximate surface area is 113 Å². The molecule has 19 heavy (non-hydrogen) atoms. The number of hydrogen-bond acceptors (Lipinski definition) is 4. The fourth-order valence-corrected chi connectivity index (χ4v) is 3.32. The summed E-state index contributed by atoms with van der Waals surface area (Å²) in [5.41, 5.74) is 8.54. The molecule has 2 aliphatic rings. The van der Waals surface area contributed by atoms with Crippen molar-refractivity contribution >= 4 is 5.97 Å². The first-order chi connectivity index (χ1) is 9.24.